The summed E-state index contributed by atoms with van der Waals surface area (Å²) in [5.41, 5.74) is 0. The summed E-state index contributed by atoms with van der Waals surface area (Å²) in [4.78, 5) is 11.6. The molecule has 0 aliphatic rings. The van der Waals surface area contributed by atoms with Gasteiger partial charge in [0.2, 0.25) is 0 Å². The highest BCUT2D eigenvalue weighted by Crippen LogP contribution is 2.31. The van der Waals surface area contributed by atoms with Crippen molar-refractivity contribution >= 4 is 29.3 Å². The SMILES string of the molecule is CCC(Sc1ccccc1Cl)C(=O)O. The molecule has 14 heavy (non-hydrogen) atoms. The second-order valence-electron chi connectivity index (χ2n) is 2.78. The van der Waals surface area contributed by atoms with E-state index in [0.29, 0.717) is 11.4 Å². The van der Waals surface area contributed by atoms with Crippen LogP contribution in [-0.2, 0) is 4.79 Å². The molecule has 0 fully saturated rings. The summed E-state index contributed by atoms with van der Waals surface area (Å²) in [6.45, 7) is 1.85. The molecule has 0 aromatic heterocycles. The van der Waals surface area contributed by atoms with Gasteiger partial charge in [0.1, 0.15) is 5.25 Å². The summed E-state index contributed by atoms with van der Waals surface area (Å²) in [7, 11) is 0. The van der Waals surface area contributed by atoms with Gasteiger partial charge in [-0.2, -0.15) is 0 Å². The minimum atomic E-state index is -0.794. The lowest BCUT2D eigenvalue weighted by atomic mass is 10.3. The number of aliphatic carboxylic acids is 1. The van der Waals surface area contributed by atoms with E-state index in [9.17, 15) is 4.79 Å². The summed E-state index contributed by atoms with van der Waals surface area (Å²) in [5.74, 6) is -0.794. The Kier molecular flexibility index (Phi) is 4.29. The van der Waals surface area contributed by atoms with Crippen LogP contribution in [-0.4, -0.2) is 16.3 Å². The molecular weight excluding hydrogens is 220 g/mol. The van der Waals surface area contributed by atoms with E-state index in [1.54, 1.807) is 6.07 Å². The second kappa shape index (κ2) is 5.27. The van der Waals surface area contributed by atoms with Gasteiger partial charge in [0.15, 0.2) is 0 Å². The number of hydrogen-bond donors (Lipinski definition) is 1. The first-order valence-corrected chi connectivity index (χ1v) is 5.55. The van der Waals surface area contributed by atoms with E-state index in [1.165, 1.54) is 11.8 Å². The molecule has 1 rings (SSSR count). The first kappa shape index (κ1) is 11.4. The Bertz CT molecular complexity index is 328. The molecule has 0 saturated carbocycles. The number of thioether (sulfide) groups is 1. The highest BCUT2D eigenvalue weighted by Gasteiger charge is 2.17. The summed E-state index contributed by atoms with van der Waals surface area (Å²) >= 11 is 7.21. The summed E-state index contributed by atoms with van der Waals surface area (Å²) in [5, 5.41) is 9.05. The third-order valence-electron chi connectivity index (χ3n) is 1.75. The van der Waals surface area contributed by atoms with Gasteiger partial charge in [-0.15, -0.1) is 11.8 Å². The molecule has 0 spiro atoms. The second-order valence-corrected chi connectivity index (χ2v) is 4.44. The fraction of sp³-hybridized carbons (Fsp3) is 0.300. The lowest BCUT2D eigenvalue weighted by Gasteiger charge is -2.09. The van der Waals surface area contributed by atoms with Crippen LogP contribution in [0.1, 0.15) is 13.3 Å². The predicted molar refractivity (Wildman–Crippen MR) is 59.0 cm³/mol. The molecule has 2 nitrogen and oxygen atoms in total. The van der Waals surface area contributed by atoms with Gasteiger partial charge in [0, 0.05) is 4.90 Å². The average molecular weight is 231 g/mol. The van der Waals surface area contributed by atoms with E-state index < -0.39 is 11.2 Å². The first-order valence-electron chi connectivity index (χ1n) is 4.29. The van der Waals surface area contributed by atoms with Crippen LogP contribution in [0.5, 0.6) is 0 Å². The number of rotatable bonds is 4. The Balaban J connectivity index is 2.77. The van der Waals surface area contributed by atoms with Gasteiger partial charge < -0.3 is 5.11 Å². The molecule has 76 valence electrons. The molecule has 0 bridgehead atoms. The zero-order valence-electron chi connectivity index (χ0n) is 7.74. The van der Waals surface area contributed by atoms with Crippen LogP contribution in [0.15, 0.2) is 29.2 Å². The van der Waals surface area contributed by atoms with E-state index in [0.717, 1.165) is 4.90 Å². The maximum absolute atomic E-state index is 10.8. The van der Waals surface area contributed by atoms with E-state index in [-0.39, 0.29) is 0 Å². The van der Waals surface area contributed by atoms with Crippen LogP contribution in [0.4, 0.5) is 0 Å². The molecule has 0 aliphatic carbocycles. The Morgan fingerprint density at radius 2 is 2.21 bits per heavy atom. The van der Waals surface area contributed by atoms with Crippen molar-refractivity contribution in [1.82, 2.24) is 0 Å². The van der Waals surface area contributed by atoms with Crippen LogP contribution in [0, 0.1) is 0 Å². The van der Waals surface area contributed by atoms with Crippen molar-refractivity contribution in [1.29, 1.82) is 0 Å². The van der Waals surface area contributed by atoms with Crippen LogP contribution in [0.25, 0.3) is 0 Å². The topological polar surface area (TPSA) is 37.3 Å². The number of carboxylic acid groups (broad SMARTS) is 1. The van der Waals surface area contributed by atoms with Crippen molar-refractivity contribution < 1.29 is 9.90 Å². The normalized spacial score (nSPS) is 12.4. The Hall–Kier alpha value is -0.670. The van der Waals surface area contributed by atoms with Gasteiger partial charge in [-0.3, -0.25) is 4.79 Å². The molecule has 0 saturated heterocycles. The molecule has 0 radical (unpaired) electrons. The largest absolute Gasteiger partial charge is 0.480 e. The lowest BCUT2D eigenvalue weighted by molar-refractivity contribution is -0.136. The van der Waals surface area contributed by atoms with Gasteiger partial charge in [-0.1, -0.05) is 30.7 Å². The zero-order valence-corrected chi connectivity index (χ0v) is 9.31. The number of carboxylic acids is 1. The molecule has 0 amide bonds. The zero-order chi connectivity index (χ0) is 10.6. The summed E-state index contributed by atoms with van der Waals surface area (Å²) < 4.78 is 0. The molecular formula is C10H11ClO2S. The number of benzene rings is 1. The monoisotopic (exact) mass is 230 g/mol. The van der Waals surface area contributed by atoms with Crippen molar-refractivity contribution in [2.24, 2.45) is 0 Å². The van der Waals surface area contributed by atoms with Gasteiger partial charge in [0.25, 0.3) is 0 Å². The van der Waals surface area contributed by atoms with Gasteiger partial charge >= 0.3 is 5.97 Å². The molecule has 4 heteroatoms. The first-order chi connectivity index (χ1) is 6.65. The van der Waals surface area contributed by atoms with Crippen molar-refractivity contribution in [3.8, 4) is 0 Å². The fourth-order valence-electron chi connectivity index (χ4n) is 1.00. The molecule has 0 heterocycles. The Morgan fingerprint density at radius 3 is 2.71 bits per heavy atom. The molecule has 1 atom stereocenters. The minimum absolute atomic E-state index is 0.421. The third kappa shape index (κ3) is 2.93. The van der Waals surface area contributed by atoms with Crippen molar-refractivity contribution in [3.05, 3.63) is 29.3 Å². The van der Waals surface area contributed by atoms with E-state index in [4.69, 9.17) is 16.7 Å². The smallest absolute Gasteiger partial charge is 0.316 e. The van der Waals surface area contributed by atoms with E-state index in [1.807, 2.05) is 25.1 Å². The summed E-state index contributed by atoms with van der Waals surface area (Å²) in [6.07, 6.45) is 0.589. The highest BCUT2D eigenvalue weighted by atomic mass is 35.5. The van der Waals surface area contributed by atoms with Gasteiger partial charge in [0.05, 0.1) is 5.02 Å². The maximum atomic E-state index is 10.8. The molecule has 0 aliphatic heterocycles. The van der Waals surface area contributed by atoms with E-state index >= 15 is 0 Å². The van der Waals surface area contributed by atoms with Crippen molar-refractivity contribution in [2.75, 3.05) is 0 Å². The molecule has 1 aromatic rings. The number of carbonyl (C=O) groups is 1. The van der Waals surface area contributed by atoms with Crippen molar-refractivity contribution in [3.63, 3.8) is 0 Å². The van der Waals surface area contributed by atoms with E-state index in [2.05, 4.69) is 0 Å². The molecule has 1 unspecified atom stereocenters. The number of halogens is 1. The van der Waals surface area contributed by atoms with Crippen molar-refractivity contribution in [2.45, 2.75) is 23.5 Å². The fourth-order valence-corrected chi connectivity index (χ4v) is 2.18. The molecule has 1 N–H and O–H groups in total. The predicted octanol–water partition coefficient (Wildman–Crippen LogP) is 3.30. The Labute approximate surface area is 92.3 Å². The van der Waals surface area contributed by atoms with Crippen LogP contribution >= 0.6 is 23.4 Å². The third-order valence-corrected chi connectivity index (χ3v) is 3.62. The van der Waals surface area contributed by atoms with Gasteiger partial charge in [-0.25, -0.2) is 0 Å². The number of hydrogen-bond acceptors (Lipinski definition) is 2. The van der Waals surface area contributed by atoms with Crippen LogP contribution in [0.2, 0.25) is 5.02 Å². The molecule has 1 aromatic carbocycles. The lowest BCUT2D eigenvalue weighted by Crippen LogP contribution is -2.14. The van der Waals surface area contributed by atoms with Crippen LogP contribution < -0.4 is 0 Å². The Morgan fingerprint density at radius 1 is 1.57 bits per heavy atom. The highest BCUT2D eigenvalue weighted by molar-refractivity contribution is 8.00. The van der Waals surface area contributed by atoms with Gasteiger partial charge in [-0.05, 0) is 18.6 Å². The van der Waals surface area contributed by atoms with Crippen LogP contribution in [0.3, 0.4) is 0 Å². The maximum Gasteiger partial charge on any atom is 0.316 e. The standard InChI is InChI=1S/C10H11ClO2S/c1-2-8(10(12)13)14-9-6-4-3-5-7(9)11/h3-6,8H,2H2,1H3,(H,12,13). The average Bonchev–Trinajstić information content (AvgIpc) is 2.16. The quantitative estimate of drug-likeness (QED) is 0.807. The minimum Gasteiger partial charge on any atom is -0.480 e. The summed E-state index contributed by atoms with van der Waals surface area (Å²) in [6, 6.07) is 7.27.